The number of halogens is 1. The molecular formula is C24H27ClN2OS. The Balaban J connectivity index is 0.00000205. The van der Waals surface area contributed by atoms with Crippen LogP contribution in [-0.4, -0.2) is 41.9 Å². The van der Waals surface area contributed by atoms with Crippen molar-refractivity contribution in [3.8, 4) is 0 Å². The third kappa shape index (κ3) is 3.70. The first-order valence-electron chi connectivity index (χ1n) is 10.2. The fourth-order valence-corrected chi connectivity index (χ4v) is 5.91. The zero-order valence-corrected chi connectivity index (χ0v) is 18.3. The van der Waals surface area contributed by atoms with Gasteiger partial charge in [0.05, 0.1) is 12.5 Å². The Bertz CT molecular complexity index is 1010. The van der Waals surface area contributed by atoms with Gasteiger partial charge in [-0.15, -0.1) is 23.7 Å². The monoisotopic (exact) mass is 426 g/mol. The summed E-state index contributed by atoms with van der Waals surface area (Å²) in [5.74, 6) is 0.213. The summed E-state index contributed by atoms with van der Waals surface area (Å²) in [6.07, 6.45) is 4.07. The Hall–Kier alpha value is -1.88. The van der Waals surface area contributed by atoms with Crippen molar-refractivity contribution in [1.82, 2.24) is 9.80 Å². The second-order valence-electron chi connectivity index (χ2n) is 8.09. The normalized spacial score (nSPS) is 21.1. The number of likely N-dealkylation sites (N-methyl/N-ethyl adjacent to an activating group) is 1. The molecule has 1 fully saturated rings. The van der Waals surface area contributed by atoms with Crippen LogP contribution in [-0.2, 0) is 17.6 Å². The number of nitrogens with zero attached hydrogens (tertiary/aromatic N) is 2. The molecule has 5 rings (SSSR count). The van der Waals surface area contributed by atoms with Gasteiger partial charge in [-0.25, -0.2) is 0 Å². The number of amides is 1. The number of benzene rings is 2. The molecule has 0 unspecified atom stereocenters. The fourth-order valence-electron chi connectivity index (χ4n) is 5.08. The van der Waals surface area contributed by atoms with Crippen molar-refractivity contribution in [2.24, 2.45) is 0 Å². The average molecular weight is 427 g/mol. The molecule has 29 heavy (non-hydrogen) atoms. The van der Waals surface area contributed by atoms with Crippen LogP contribution in [0.5, 0.6) is 0 Å². The topological polar surface area (TPSA) is 23.6 Å². The molecule has 1 amide bonds. The van der Waals surface area contributed by atoms with E-state index in [-0.39, 0.29) is 24.4 Å². The molecule has 2 heterocycles. The second kappa shape index (κ2) is 8.47. The Morgan fingerprint density at radius 2 is 1.90 bits per heavy atom. The summed E-state index contributed by atoms with van der Waals surface area (Å²) >= 11 is 1.74. The van der Waals surface area contributed by atoms with E-state index < -0.39 is 0 Å². The van der Waals surface area contributed by atoms with Gasteiger partial charge in [-0.2, -0.15) is 0 Å². The van der Waals surface area contributed by atoms with Crippen LogP contribution in [0.1, 0.15) is 35.6 Å². The number of hydrogen-bond donors (Lipinski definition) is 0. The minimum Gasteiger partial charge on any atom is -0.337 e. The number of carbonyl (C=O) groups is 1. The third-order valence-electron chi connectivity index (χ3n) is 6.52. The van der Waals surface area contributed by atoms with Crippen molar-refractivity contribution in [2.45, 2.75) is 37.8 Å². The molecule has 0 N–H and O–H groups in total. The summed E-state index contributed by atoms with van der Waals surface area (Å²) in [4.78, 5) is 18.0. The molecule has 1 aliphatic carbocycles. The highest BCUT2D eigenvalue weighted by Crippen LogP contribution is 2.39. The minimum absolute atomic E-state index is 0. The minimum atomic E-state index is 0. The van der Waals surface area contributed by atoms with E-state index in [0.717, 1.165) is 25.1 Å². The van der Waals surface area contributed by atoms with E-state index >= 15 is 0 Å². The molecule has 5 heteroatoms. The lowest BCUT2D eigenvalue weighted by Gasteiger charge is -2.35. The molecule has 0 spiro atoms. The first kappa shape index (κ1) is 20.4. The molecule has 3 aromatic rings. The van der Waals surface area contributed by atoms with E-state index in [9.17, 15) is 4.79 Å². The van der Waals surface area contributed by atoms with Crippen molar-refractivity contribution in [3.05, 3.63) is 70.6 Å². The van der Waals surface area contributed by atoms with E-state index in [2.05, 4.69) is 58.8 Å². The SMILES string of the molecule is CN(C(=O)Cc1cccc2sccc12)[C@@H]1c2ccccc2C[C@H]1N1CCCC1.Cl. The molecule has 1 aliphatic heterocycles. The maximum Gasteiger partial charge on any atom is 0.227 e. The van der Waals surface area contributed by atoms with Gasteiger partial charge in [-0.05, 0) is 71.9 Å². The zero-order chi connectivity index (χ0) is 19.1. The maximum absolute atomic E-state index is 13.3. The lowest BCUT2D eigenvalue weighted by Crippen LogP contribution is -2.44. The standard InChI is InChI=1S/C24H26N2OS.ClH/c1-25(23(27)16-18-8-6-10-22-19(18)11-14-28-22)24-20-9-3-2-7-17(20)15-21(24)26-12-4-5-13-26;/h2-3,6-11,14,21,24H,4-5,12-13,15-16H2,1H3;1H/t21-,24-;/m1./s1. The van der Waals surface area contributed by atoms with Gasteiger partial charge in [0.2, 0.25) is 5.91 Å². The Morgan fingerprint density at radius 1 is 1.10 bits per heavy atom. The van der Waals surface area contributed by atoms with Crippen LogP contribution in [0.15, 0.2) is 53.9 Å². The van der Waals surface area contributed by atoms with Gasteiger partial charge in [0.1, 0.15) is 0 Å². The summed E-state index contributed by atoms with van der Waals surface area (Å²) in [5, 5.41) is 3.33. The summed E-state index contributed by atoms with van der Waals surface area (Å²) in [7, 11) is 2.01. The highest BCUT2D eigenvalue weighted by Gasteiger charge is 2.40. The summed E-state index contributed by atoms with van der Waals surface area (Å²) in [6.45, 7) is 2.32. The van der Waals surface area contributed by atoms with E-state index in [4.69, 9.17) is 0 Å². The zero-order valence-electron chi connectivity index (χ0n) is 16.7. The number of hydrogen-bond acceptors (Lipinski definition) is 3. The largest absolute Gasteiger partial charge is 0.337 e. The summed E-state index contributed by atoms with van der Waals surface area (Å²) in [6, 6.07) is 17.7. The van der Waals surface area contributed by atoms with Crippen LogP contribution in [0.25, 0.3) is 10.1 Å². The van der Waals surface area contributed by atoms with E-state index in [1.165, 1.54) is 34.1 Å². The van der Waals surface area contributed by atoms with Crippen molar-refractivity contribution in [3.63, 3.8) is 0 Å². The molecule has 0 saturated carbocycles. The maximum atomic E-state index is 13.3. The Kier molecular flexibility index (Phi) is 5.95. The van der Waals surface area contributed by atoms with Crippen LogP contribution in [0, 0.1) is 0 Å². The van der Waals surface area contributed by atoms with Gasteiger partial charge in [-0.3, -0.25) is 9.69 Å². The van der Waals surface area contributed by atoms with Gasteiger partial charge in [0.15, 0.2) is 0 Å². The fraction of sp³-hybridized carbons (Fsp3) is 0.375. The quantitative estimate of drug-likeness (QED) is 0.580. The number of likely N-dealkylation sites (tertiary alicyclic amines) is 1. The predicted molar refractivity (Wildman–Crippen MR) is 123 cm³/mol. The first-order chi connectivity index (χ1) is 13.7. The van der Waals surface area contributed by atoms with E-state index in [0.29, 0.717) is 12.5 Å². The molecular weight excluding hydrogens is 400 g/mol. The van der Waals surface area contributed by atoms with Gasteiger partial charge >= 0.3 is 0 Å². The smallest absolute Gasteiger partial charge is 0.227 e. The van der Waals surface area contributed by atoms with Gasteiger partial charge in [0, 0.05) is 17.8 Å². The third-order valence-corrected chi connectivity index (χ3v) is 7.40. The highest BCUT2D eigenvalue weighted by molar-refractivity contribution is 7.17. The lowest BCUT2D eigenvalue weighted by molar-refractivity contribution is -0.132. The molecule has 2 aromatic carbocycles. The predicted octanol–water partition coefficient (Wildman–Crippen LogP) is 5.09. The molecule has 3 nitrogen and oxygen atoms in total. The van der Waals surface area contributed by atoms with Crippen LogP contribution < -0.4 is 0 Å². The van der Waals surface area contributed by atoms with Crippen LogP contribution >= 0.6 is 23.7 Å². The van der Waals surface area contributed by atoms with Crippen molar-refractivity contribution in [1.29, 1.82) is 0 Å². The van der Waals surface area contributed by atoms with Crippen molar-refractivity contribution in [2.75, 3.05) is 20.1 Å². The second-order valence-corrected chi connectivity index (χ2v) is 9.04. The van der Waals surface area contributed by atoms with Crippen LogP contribution in [0.3, 0.4) is 0 Å². The molecule has 152 valence electrons. The molecule has 0 bridgehead atoms. The Morgan fingerprint density at radius 3 is 2.72 bits per heavy atom. The number of thiophene rings is 1. The summed E-state index contributed by atoms with van der Waals surface area (Å²) < 4.78 is 1.26. The summed E-state index contributed by atoms with van der Waals surface area (Å²) in [5.41, 5.74) is 3.88. The molecule has 2 aliphatic rings. The molecule has 1 aromatic heterocycles. The molecule has 2 atom stereocenters. The van der Waals surface area contributed by atoms with Gasteiger partial charge in [-0.1, -0.05) is 36.4 Å². The van der Waals surface area contributed by atoms with Crippen molar-refractivity contribution >= 4 is 39.7 Å². The van der Waals surface area contributed by atoms with Gasteiger partial charge in [0.25, 0.3) is 0 Å². The Labute approximate surface area is 182 Å². The first-order valence-corrected chi connectivity index (χ1v) is 11.1. The number of rotatable bonds is 4. The van der Waals surface area contributed by atoms with Gasteiger partial charge < -0.3 is 4.90 Å². The molecule has 1 saturated heterocycles. The van der Waals surface area contributed by atoms with E-state index in [1.807, 2.05) is 11.9 Å². The number of carbonyl (C=O) groups excluding carboxylic acids is 1. The highest BCUT2D eigenvalue weighted by atomic mass is 35.5. The average Bonchev–Trinajstić information content (AvgIpc) is 3.45. The number of fused-ring (bicyclic) bond motifs is 2. The van der Waals surface area contributed by atoms with Crippen molar-refractivity contribution < 1.29 is 4.79 Å². The molecule has 0 radical (unpaired) electrons. The van der Waals surface area contributed by atoms with Crippen LogP contribution in [0.2, 0.25) is 0 Å². The van der Waals surface area contributed by atoms with E-state index in [1.54, 1.807) is 11.3 Å². The van der Waals surface area contributed by atoms with Crippen LogP contribution in [0.4, 0.5) is 0 Å². The lowest BCUT2D eigenvalue weighted by atomic mass is 10.0.